The first-order valence-corrected chi connectivity index (χ1v) is 11.1. The van der Waals surface area contributed by atoms with E-state index >= 15 is 0 Å². The van der Waals surface area contributed by atoms with Gasteiger partial charge in [-0.1, -0.05) is 58.5 Å². The minimum absolute atomic E-state index is 0.270. The molecule has 0 fully saturated rings. The Labute approximate surface area is 205 Å². The van der Waals surface area contributed by atoms with Gasteiger partial charge in [0.15, 0.2) is 5.82 Å². The van der Waals surface area contributed by atoms with Crippen molar-refractivity contribution >= 4 is 74.1 Å². The molecule has 0 spiro atoms. The molecule has 0 atom stereocenters. The van der Waals surface area contributed by atoms with E-state index in [1.807, 2.05) is 6.07 Å². The number of amides is 1. The molecule has 11 heteroatoms. The standard InChI is InChI=1S/C20H12BrCl4N5O/c21-12-9-30(8-10-1-3-13(22)15(24)5-10)29-19(12)26-20(31)18-7-17(27-28-18)11-2-4-14(23)16(25)6-11/h1-7,9H,8H2,(H,27,28)(H,26,29,31). The van der Waals surface area contributed by atoms with Crippen molar-refractivity contribution < 1.29 is 4.79 Å². The van der Waals surface area contributed by atoms with Gasteiger partial charge in [-0.15, -0.1) is 0 Å². The molecule has 0 aliphatic heterocycles. The number of aromatic amines is 1. The smallest absolute Gasteiger partial charge is 0.274 e. The molecule has 0 aliphatic carbocycles. The van der Waals surface area contributed by atoms with Crippen LogP contribution in [0.3, 0.4) is 0 Å². The van der Waals surface area contributed by atoms with Crippen molar-refractivity contribution in [1.82, 2.24) is 20.0 Å². The third kappa shape index (κ3) is 5.07. The van der Waals surface area contributed by atoms with Crippen LogP contribution in [0, 0.1) is 0 Å². The minimum atomic E-state index is -0.390. The second-order valence-corrected chi connectivity index (χ2v) is 9.00. The summed E-state index contributed by atoms with van der Waals surface area (Å²) in [6.07, 6.45) is 1.76. The van der Waals surface area contributed by atoms with Crippen LogP contribution in [-0.2, 0) is 6.54 Å². The van der Waals surface area contributed by atoms with Crippen LogP contribution in [0.5, 0.6) is 0 Å². The number of halogens is 5. The van der Waals surface area contributed by atoms with Gasteiger partial charge in [0, 0.05) is 11.8 Å². The third-order valence-corrected chi connectivity index (χ3v) is 6.37. The molecule has 0 saturated heterocycles. The maximum absolute atomic E-state index is 12.6. The molecule has 0 saturated carbocycles. The van der Waals surface area contributed by atoms with Gasteiger partial charge in [-0.25, -0.2) is 0 Å². The molecular weight excluding hydrogens is 548 g/mol. The highest BCUT2D eigenvalue weighted by atomic mass is 79.9. The van der Waals surface area contributed by atoms with E-state index in [4.69, 9.17) is 46.4 Å². The molecule has 2 heterocycles. The van der Waals surface area contributed by atoms with Crippen molar-refractivity contribution in [1.29, 1.82) is 0 Å². The molecule has 2 aromatic carbocycles. The van der Waals surface area contributed by atoms with Gasteiger partial charge in [-0.05, 0) is 51.8 Å². The molecule has 4 rings (SSSR count). The summed E-state index contributed by atoms with van der Waals surface area (Å²) in [5, 5.41) is 15.9. The molecule has 6 nitrogen and oxygen atoms in total. The van der Waals surface area contributed by atoms with Gasteiger partial charge in [0.25, 0.3) is 5.91 Å². The van der Waals surface area contributed by atoms with E-state index in [9.17, 15) is 4.79 Å². The Hall–Kier alpha value is -2.03. The summed E-state index contributed by atoms with van der Waals surface area (Å²) < 4.78 is 2.30. The summed E-state index contributed by atoms with van der Waals surface area (Å²) in [6, 6.07) is 12.1. The molecule has 2 N–H and O–H groups in total. The number of carbonyl (C=O) groups is 1. The zero-order valence-corrected chi connectivity index (χ0v) is 20.1. The van der Waals surface area contributed by atoms with Crippen LogP contribution in [-0.4, -0.2) is 25.9 Å². The minimum Gasteiger partial charge on any atom is -0.303 e. The zero-order valence-electron chi connectivity index (χ0n) is 15.5. The van der Waals surface area contributed by atoms with Gasteiger partial charge < -0.3 is 5.32 Å². The van der Waals surface area contributed by atoms with Gasteiger partial charge in [-0.2, -0.15) is 10.2 Å². The van der Waals surface area contributed by atoms with Crippen molar-refractivity contribution in [2.24, 2.45) is 0 Å². The average molecular weight is 560 g/mol. The monoisotopic (exact) mass is 557 g/mol. The number of hydrogen-bond acceptors (Lipinski definition) is 3. The summed E-state index contributed by atoms with van der Waals surface area (Å²) >= 11 is 27.4. The van der Waals surface area contributed by atoms with Gasteiger partial charge in [0.1, 0.15) is 5.69 Å². The van der Waals surface area contributed by atoms with Crippen LogP contribution in [0.15, 0.2) is 53.1 Å². The molecule has 0 bridgehead atoms. The SMILES string of the molecule is O=C(Nc1nn(Cc2ccc(Cl)c(Cl)c2)cc1Br)c1cc(-c2ccc(Cl)c(Cl)c2)n[nH]1. The van der Waals surface area contributed by atoms with Crippen LogP contribution in [0.25, 0.3) is 11.3 Å². The summed E-state index contributed by atoms with van der Waals surface area (Å²) in [5.41, 5.74) is 2.49. The Morgan fingerprint density at radius 3 is 2.42 bits per heavy atom. The number of nitrogens with zero attached hydrogens (tertiary/aromatic N) is 3. The summed E-state index contributed by atoms with van der Waals surface area (Å²) in [5.74, 6) is -0.0185. The fourth-order valence-corrected chi connectivity index (χ4v) is 3.84. The fraction of sp³-hybridized carbons (Fsp3) is 0.0500. The van der Waals surface area contributed by atoms with E-state index < -0.39 is 0 Å². The highest BCUT2D eigenvalue weighted by Crippen LogP contribution is 2.28. The van der Waals surface area contributed by atoms with E-state index in [-0.39, 0.29) is 11.6 Å². The molecule has 2 aromatic heterocycles. The van der Waals surface area contributed by atoms with Crippen LogP contribution >= 0.6 is 62.3 Å². The van der Waals surface area contributed by atoms with Crippen molar-refractivity contribution in [3.8, 4) is 11.3 Å². The number of H-pyrrole nitrogens is 1. The fourth-order valence-electron chi connectivity index (χ4n) is 2.80. The van der Waals surface area contributed by atoms with Crippen molar-refractivity contribution in [3.05, 3.63) is 84.5 Å². The van der Waals surface area contributed by atoms with Gasteiger partial charge in [-0.3, -0.25) is 14.6 Å². The Kier molecular flexibility index (Phi) is 6.60. The van der Waals surface area contributed by atoms with Crippen molar-refractivity contribution in [2.45, 2.75) is 6.54 Å². The van der Waals surface area contributed by atoms with Crippen LogP contribution in [0.1, 0.15) is 16.1 Å². The number of anilines is 1. The predicted octanol–water partition coefficient (Wildman–Crippen LogP) is 6.95. The number of carbonyl (C=O) groups excluding carboxylic acids is 1. The maximum Gasteiger partial charge on any atom is 0.274 e. The molecule has 158 valence electrons. The molecular formula is C20H12BrCl4N5O. The predicted molar refractivity (Wildman–Crippen MR) is 127 cm³/mol. The third-order valence-electron chi connectivity index (χ3n) is 4.32. The molecule has 0 radical (unpaired) electrons. The second kappa shape index (κ2) is 9.22. The van der Waals surface area contributed by atoms with Crippen LogP contribution in [0.4, 0.5) is 5.82 Å². The Morgan fingerprint density at radius 1 is 1.00 bits per heavy atom. The molecule has 31 heavy (non-hydrogen) atoms. The van der Waals surface area contributed by atoms with Crippen LogP contribution in [0.2, 0.25) is 20.1 Å². The molecule has 0 aliphatic rings. The number of aromatic nitrogens is 4. The summed E-state index contributed by atoms with van der Waals surface area (Å²) in [4.78, 5) is 12.6. The van der Waals surface area contributed by atoms with E-state index in [1.165, 1.54) is 0 Å². The second-order valence-electron chi connectivity index (χ2n) is 6.52. The van der Waals surface area contributed by atoms with Crippen molar-refractivity contribution in [3.63, 3.8) is 0 Å². The first kappa shape index (κ1) is 22.2. The maximum atomic E-state index is 12.6. The highest BCUT2D eigenvalue weighted by molar-refractivity contribution is 9.10. The normalized spacial score (nSPS) is 11.0. The number of rotatable bonds is 5. The van der Waals surface area contributed by atoms with Gasteiger partial charge in [0.05, 0.1) is 36.8 Å². The summed E-state index contributed by atoms with van der Waals surface area (Å²) in [6.45, 7) is 0.455. The van der Waals surface area contributed by atoms with Gasteiger partial charge >= 0.3 is 0 Å². The quantitative estimate of drug-likeness (QED) is 0.278. The molecule has 0 unspecified atom stereocenters. The number of nitrogens with one attached hydrogen (secondary N) is 2. The van der Waals surface area contributed by atoms with E-state index in [2.05, 4.69) is 36.5 Å². The lowest BCUT2D eigenvalue weighted by Gasteiger charge is -2.04. The first-order valence-electron chi connectivity index (χ1n) is 8.79. The average Bonchev–Trinajstić information content (AvgIpc) is 3.34. The largest absolute Gasteiger partial charge is 0.303 e. The van der Waals surface area contributed by atoms with Gasteiger partial charge in [0.2, 0.25) is 0 Å². The van der Waals surface area contributed by atoms with E-state index in [0.29, 0.717) is 42.6 Å². The molecule has 4 aromatic rings. The lowest BCUT2D eigenvalue weighted by Crippen LogP contribution is -2.13. The summed E-state index contributed by atoms with van der Waals surface area (Å²) in [7, 11) is 0. The number of benzene rings is 2. The topological polar surface area (TPSA) is 75.6 Å². The lowest BCUT2D eigenvalue weighted by atomic mass is 10.1. The Balaban J connectivity index is 1.48. The Morgan fingerprint density at radius 2 is 1.71 bits per heavy atom. The number of hydrogen-bond donors (Lipinski definition) is 2. The van der Waals surface area contributed by atoms with E-state index in [0.717, 1.165) is 11.1 Å². The van der Waals surface area contributed by atoms with Crippen LogP contribution < -0.4 is 5.32 Å². The Bertz CT molecular complexity index is 1290. The van der Waals surface area contributed by atoms with Crippen molar-refractivity contribution in [2.75, 3.05) is 5.32 Å². The highest BCUT2D eigenvalue weighted by Gasteiger charge is 2.16. The first-order chi connectivity index (χ1) is 14.8. The zero-order chi connectivity index (χ0) is 22.1. The van der Waals surface area contributed by atoms with E-state index in [1.54, 1.807) is 47.3 Å². The molecule has 1 amide bonds. The lowest BCUT2D eigenvalue weighted by molar-refractivity contribution is 0.102.